The predicted molar refractivity (Wildman–Crippen MR) is 62.1 cm³/mol. The molecule has 0 heterocycles. The van der Waals surface area contributed by atoms with Crippen molar-refractivity contribution in [2.24, 2.45) is 0 Å². The normalized spacial score (nSPS) is 11.8. The Morgan fingerprint density at radius 3 is 2.47 bits per heavy atom. The summed E-state index contributed by atoms with van der Waals surface area (Å²) in [4.78, 5) is 14.6. The molecule has 4 nitrogen and oxygen atoms in total. The van der Waals surface area contributed by atoms with E-state index >= 15 is 0 Å². The van der Waals surface area contributed by atoms with Crippen LogP contribution in [0.1, 0.15) is 13.3 Å². The number of carboxylic acid groups (broad SMARTS) is 1. The van der Waals surface area contributed by atoms with Gasteiger partial charge in [-0.1, -0.05) is 13.0 Å². The maximum atomic E-state index is 10.3. The molecule has 0 saturated carbocycles. The second-order valence-corrected chi connectivity index (χ2v) is 3.79. The van der Waals surface area contributed by atoms with Crippen LogP contribution in [0.15, 0.2) is 12.2 Å². The summed E-state index contributed by atoms with van der Waals surface area (Å²) in [5.41, 5.74) is 0. The van der Waals surface area contributed by atoms with E-state index in [-0.39, 0.29) is 0 Å². The smallest absolute Gasteiger partial charge is 0.328 e. The van der Waals surface area contributed by atoms with Gasteiger partial charge >= 0.3 is 5.97 Å². The van der Waals surface area contributed by atoms with E-state index in [2.05, 4.69) is 30.8 Å². The molecular formula is C11H22N2O2. The van der Waals surface area contributed by atoms with Crippen LogP contribution in [0.4, 0.5) is 0 Å². The quantitative estimate of drug-likeness (QED) is 0.610. The van der Waals surface area contributed by atoms with Gasteiger partial charge in [0.15, 0.2) is 0 Å². The van der Waals surface area contributed by atoms with Crippen LogP contribution in [-0.2, 0) is 4.79 Å². The van der Waals surface area contributed by atoms with Crippen molar-refractivity contribution in [1.29, 1.82) is 0 Å². The first-order valence-corrected chi connectivity index (χ1v) is 5.32. The molecule has 0 atom stereocenters. The Morgan fingerprint density at radius 2 is 2.00 bits per heavy atom. The summed E-state index contributed by atoms with van der Waals surface area (Å²) in [6.45, 7) is 5.84. The Kier molecular flexibility index (Phi) is 7.95. The molecule has 0 radical (unpaired) electrons. The highest BCUT2D eigenvalue weighted by Gasteiger charge is 2.00. The molecule has 0 spiro atoms. The first-order valence-electron chi connectivity index (χ1n) is 5.32. The highest BCUT2D eigenvalue weighted by Crippen LogP contribution is 1.93. The third kappa shape index (κ3) is 9.43. The van der Waals surface area contributed by atoms with Crippen LogP contribution in [0.5, 0.6) is 0 Å². The maximum absolute atomic E-state index is 10.3. The molecule has 0 amide bonds. The van der Waals surface area contributed by atoms with Crippen molar-refractivity contribution in [3.8, 4) is 0 Å². The molecule has 0 aliphatic carbocycles. The molecule has 88 valence electrons. The minimum absolute atomic E-state index is 0.718. The van der Waals surface area contributed by atoms with Crippen LogP contribution in [0.3, 0.4) is 0 Å². The van der Waals surface area contributed by atoms with Gasteiger partial charge in [-0.2, -0.15) is 0 Å². The molecule has 15 heavy (non-hydrogen) atoms. The zero-order valence-electron chi connectivity index (χ0n) is 9.94. The largest absolute Gasteiger partial charge is 0.478 e. The minimum atomic E-state index is -0.876. The van der Waals surface area contributed by atoms with Gasteiger partial charge in [-0.3, -0.25) is 4.90 Å². The van der Waals surface area contributed by atoms with Crippen LogP contribution >= 0.6 is 0 Å². The molecule has 0 unspecified atom stereocenters. The summed E-state index contributed by atoms with van der Waals surface area (Å²) in [6.07, 6.45) is 4.01. The van der Waals surface area contributed by atoms with Crippen molar-refractivity contribution in [3.63, 3.8) is 0 Å². The van der Waals surface area contributed by atoms with E-state index < -0.39 is 5.97 Å². The number of hydrogen-bond acceptors (Lipinski definition) is 3. The van der Waals surface area contributed by atoms with Gasteiger partial charge in [0.05, 0.1) is 0 Å². The summed E-state index contributed by atoms with van der Waals surface area (Å²) in [6, 6.07) is 0. The van der Waals surface area contributed by atoms with E-state index in [9.17, 15) is 4.79 Å². The lowest BCUT2D eigenvalue weighted by atomic mass is 10.3. The van der Waals surface area contributed by atoms with Crippen molar-refractivity contribution in [1.82, 2.24) is 9.80 Å². The third-order valence-electron chi connectivity index (χ3n) is 2.15. The Labute approximate surface area is 92.2 Å². The number of likely N-dealkylation sites (N-methyl/N-ethyl adjacent to an activating group) is 1. The van der Waals surface area contributed by atoms with E-state index in [4.69, 9.17) is 5.11 Å². The van der Waals surface area contributed by atoms with Crippen LogP contribution in [0.25, 0.3) is 0 Å². The van der Waals surface area contributed by atoms with Gasteiger partial charge in [-0.05, 0) is 40.2 Å². The van der Waals surface area contributed by atoms with Crippen molar-refractivity contribution in [2.45, 2.75) is 13.3 Å². The molecule has 0 aliphatic heterocycles. The summed E-state index contributed by atoms with van der Waals surface area (Å²) in [5, 5.41) is 8.44. The Hall–Kier alpha value is -0.870. The fourth-order valence-corrected chi connectivity index (χ4v) is 1.29. The Bertz CT molecular complexity index is 203. The lowest BCUT2D eigenvalue weighted by Crippen LogP contribution is -2.27. The van der Waals surface area contributed by atoms with Gasteiger partial charge in [0.1, 0.15) is 0 Å². The van der Waals surface area contributed by atoms with Gasteiger partial charge in [-0.15, -0.1) is 0 Å². The fourth-order valence-electron chi connectivity index (χ4n) is 1.29. The van der Waals surface area contributed by atoms with E-state index in [0.29, 0.717) is 0 Å². The zero-order valence-corrected chi connectivity index (χ0v) is 9.94. The molecule has 0 aliphatic rings. The number of nitrogens with zero attached hydrogens (tertiary/aromatic N) is 2. The molecule has 4 heteroatoms. The molecule has 0 rings (SSSR count). The molecule has 0 aromatic rings. The predicted octanol–water partition coefficient (Wildman–Crippen LogP) is 0.901. The van der Waals surface area contributed by atoms with Crippen LogP contribution in [0.2, 0.25) is 0 Å². The molecule has 0 bridgehead atoms. The fraction of sp³-hybridized carbons (Fsp3) is 0.727. The van der Waals surface area contributed by atoms with Crippen molar-refractivity contribution >= 4 is 5.97 Å². The zero-order chi connectivity index (χ0) is 11.7. The van der Waals surface area contributed by atoms with Gasteiger partial charge in [0, 0.05) is 12.6 Å². The van der Waals surface area contributed by atoms with E-state index in [1.807, 2.05) is 0 Å². The first kappa shape index (κ1) is 14.1. The maximum Gasteiger partial charge on any atom is 0.328 e. The topological polar surface area (TPSA) is 43.8 Å². The summed E-state index contributed by atoms with van der Waals surface area (Å²) in [5.74, 6) is -0.876. The standard InChI is InChI=1S/C11H22N2O2/c1-4-13(9-5-7-11(14)15)10-6-8-12(2)3/h5,7H,4,6,8-10H2,1-3H3,(H,14,15)/b7-5+. The van der Waals surface area contributed by atoms with Crippen molar-refractivity contribution in [2.75, 3.05) is 40.3 Å². The lowest BCUT2D eigenvalue weighted by molar-refractivity contribution is -0.131. The molecule has 0 aromatic carbocycles. The molecule has 0 aromatic heterocycles. The average Bonchev–Trinajstić information content (AvgIpc) is 2.14. The highest BCUT2D eigenvalue weighted by molar-refractivity contribution is 5.79. The highest BCUT2D eigenvalue weighted by atomic mass is 16.4. The first-order chi connectivity index (χ1) is 7.06. The van der Waals surface area contributed by atoms with Gasteiger partial charge < -0.3 is 10.0 Å². The number of hydrogen-bond donors (Lipinski definition) is 1. The Balaban J connectivity index is 3.68. The van der Waals surface area contributed by atoms with Crippen LogP contribution < -0.4 is 0 Å². The van der Waals surface area contributed by atoms with E-state index in [1.165, 1.54) is 6.08 Å². The monoisotopic (exact) mass is 214 g/mol. The van der Waals surface area contributed by atoms with Crippen LogP contribution in [-0.4, -0.2) is 61.2 Å². The van der Waals surface area contributed by atoms with Crippen LogP contribution in [0, 0.1) is 0 Å². The number of aliphatic carboxylic acids is 1. The van der Waals surface area contributed by atoms with Gasteiger partial charge in [0.2, 0.25) is 0 Å². The molecular weight excluding hydrogens is 192 g/mol. The molecule has 1 N–H and O–H groups in total. The van der Waals surface area contributed by atoms with E-state index in [0.717, 1.165) is 32.6 Å². The number of rotatable bonds is 8. The molecule has 0 saturated heterocycles. The summed E-state index contributed by atoms with van der Waals surface area (Å²) < 4.78 is 0. The van der Waals surface area contributed by atoms with Crippen molar-refractivity contribution < 1.29 is 9.90 Å². The lowest BCUT2D eigenvalue weighted by Gasteiger charge is -2.19. The summed E-state index contributed by atoms with van der Waals surface area (Å²) >= 11 is 0. The second-order valence-electron chi connectivity index (χ2n) is 3.79. The molecule has 0 fully saturated rings. The van der Waals surface area contributed by atoms with Crippen molar-refractivity contribution in [3.05, 3.63) is 12.2 Å². The SMILES string of the molecule is CCN(C/C=C/C(=O)O)CCCN(C)C. The minimum Gasteiger partial charge on any atom is -0.478 e. The van der Waals surface area contributed by atoms with Gasteiger partial charge in [-0.25, -0.2) is 4.79 Å². The second kappa shape index (κ2) is 8.44. The average molecular weight is 214 g/mol. The Morgan fingerprint density at radius 1 is 1.33 bits per heavy atom. The summed E-state index contributed by atoms with van der Waals surface area (Å²) in [7, 11) is 4.11. The number of carbonyl (C=O) groups is 1. The number of carboxylic acids is 1. The third-order valence-corrected chi connectivity index (χ3v) is 2.15. The van der Waals surface area contributed by atoms with E-state index in [1.54, 1.807) is 6.08 Å². The van der Waals surface area contributed by atoms with Gasteiger partial charge in [0.25, 0.3) is 0 Å².